The predicted molar refractivity (Wildman–Crippen MR) is 79.1 cm³/mol. The van der Waals surface area contributed by atoms with Crippen molar-refractivity contribution in [3.8, 4) is 0 Å². The normalized spacial score (nSPS) is 17.2. The van der Waals surface area contributed by atoms with Crippen LogP contribution in [-0.4, -0.2) is 40.6 Å². The second-order valence-corrected chi connectivity index (χ2v) is 6.03. The Balaban J connectivity index is 1.68. The summed E-state index contributed by atoms with van der Waals surface area (Å²) in [7, 11) is 0. The molecule has 1 fully saturated rings. The van der Waals surface area contributed by atoms with Crippen molar-refractivity contribution in [3.63, 3.8) is 0 Å². The molecule has 0 radical (unpaired) electrons. The fourth-order valence-electron chi connectivity index (χ4n) is 2.55. The van der Waals surface area contributed by atoms with Gasteiger partial charge in [0.05, 0.1) is 12.0 Å². The van der Waals surface area contributed by atoms with Gasteiger partial charge >= 0.3 is 0 Å². The van der Waals surface area contributed by atoms with Crippen molar-refractivity contribution in [2.45, 2.75) is 46.2 Å². The van der Waals surface area contributed by atoms with Crippen molar-refractivity contribution in [2.24, 2.45) is 5.92 Å². The Morgan fingerprint density at radius 3 is 2.74 bits per heavy atom. The van der Waals surface area contributed by atoms with Crippen LogP contribution in [0.15, 0.2) is 12.5 Å². The van der Waals surface area contributed by atoms with Gasteiger partial charge < -0.3 is 14.8 Å². The lowest BCUT2D eigenvalue weighted by Gasteiger charge is -2.26. The van der Waals surface area contributed by atoms with Crippen molar-refractivity contribution in [1.29, 1.82) is 0 Å². The van der Waals surface area contributed by atoms with Gasteiger partial charge in [0.2, 0.25) is 0 Å². The summed E-state index contributed by atoms with van der Waals surface area (Å²) >= 11 is 0. The maximum absolute atomic E-state index is 4.46. The summed E-state index contributed by atoms with van der Waals surface area (Å²) in [5, 5.41) is 3.43. The molecule has 0 atom stereocenters. The SMILES string of the molecule is CC(C)CNCc1cn(CCN2CCCCC2)cn1. The molecule has 4 heteroatoms. The van der Waals surface area contributed by atoms with E-state index >= 15 is 0 Å². The van der Waals surface area contributed by atoms with Gasteiger partial charge in [0, 0.05) is 25.8 Å². The molecule has 0 saturated carbocycles. The molecule has 108 valence electrons. The minimum absolute atomic E-state index is 0.696. The molecule has 2 heterocycles. The van der Waals surface area contributed by atoms with Gasteiger partial charge in [-0.1, -0.05) is 20.3 Å². The molecule has 2 rings (SSSR count). The topological polar surface area (TPSA) is 33.1 Å². The van der Waals surface area contributed by atoms with E-state index in [2.05, 4.69) is 39.8 Å². The summed E-state index contributed by atoms with van der Waals surface area (Å²) in [6.45, 7) is 11.2. The van der Waals surface area contributed by atoms with E-state index < -0.39 is 0 Å². The Kier molecular flexibility index (Phi) is 5.86. The second-order valence-electron chi connectivity index (χ2n) is 6.03. The number of hydrogen-bond donors (Lipinski definition) is 1. The van der Waals surface area contributed by atoms with Crippen LogP contribution in [0.3, 0.4) is 0 Å². The van der Waals surface area contributed by atoms with Gasteiger partial charge in [-0.3, -0.25) is 0 Å². The number of piperidine rings is 1. The zero-order valence-electron chi connectivity index (χ0n) is 12.4. The molecule has 1 aromatic rings. The zero-order chi connectivity index (χ0) is 13.5. The van der Waals surface area contributed by atoms with Crippen LogP contribution in [0.2, 0.25) is 0 Å². The van der Waals surface area contributed by atoms with Crippen molar-refractivity contribution < 1.29 is 0 Å². The third-order valence-corrected chi connectivity index (χ3v) is 3.67. The van der Waals surface area contributed by atoms with E-state index in [-0.39, 0.29) is 0 Å². The third-order valence-electron chi connectivity index (χ3n) is 3.67. The summed E-state index contributed by atoms with van der Waals surface area (Å²) < 4.78 is 2.22. The Morgan fingerprint density at radius 2 is 2.00 bits per heavy atom. The van der Waals surface area contributed by atoms with E-state index in [9.17, 15) is 0 Å². The molecule has 1 aromatic heterocycles. The molecule has 4 nitrogen and oxygen atoms in total. The predicted octanol–water partition coefficient (Wildman–Crippen LogP) is 2.11. The first kappa shape index (κ1) is 14.5. The van der Waals surface area contributed by atoms with E-state index in [0.717, 1.165) is 31.9 Å². The Bertz CT molecular complexity index is 353. The Labute approximate surface area is 117 Å². The lowest BCUT2D eigenvalue weighted by molar-refractivity contribution is 0.221. The van der Waals surface area contributed by atoms with Gasteiger partial charge in [-0.25, -0.2) is 4.98 Å². The molecule has 0 unspecified atom stereocenters. The summed E-state index contributed by atoms with van der Waals surface area (Å²) in [6, 6.07) is 0. The molecule has 1 aliphatic heterocycles. The maximum atomic E-state index is 4.46. The highest BCUT2D eigenvalue weighted by Crippen LogP contribution is 2.08. The average molecular weight is 264 g/mol. The van der Waals surface area contributed by atoms with Crippen molar-refractivity contribution in [1.82, 2.24) is 19.8 Å². The Morgan fingerprint density at radius 1 is 1.21 bits per heavy atom. The van der Waals surface area contributed by atoms with Crippen molar-refractivity contribution in [3.05, 3.63) is 18.2 Å². The summed E-state index contributed by atoms with van der Waals surface area (Å²) in [6.07, 6.45) is 8.30. The molecular weight excluding hydrogens is 236 g/mol. The molecule has 0 bridgehead atoms. The first-order valence-electron chi connectivity index (χ1n) is 7.68. The molecule has 0 aromatic carbocycles. The number of imidazole rings is 1. The zero-order valence-corrected chi connectivity index (χ0v) is 12.4. The van der Waals surface area contributed by atoms with Gasteiger partial charge in [0.25, 0.3) is 0 Å². The standard InChI is InChI=1S/C15H28N4/c1-14(2)10-16-11-15-12-19(13-17-15)9-8-18-6-4-3-5-7-18/h12-14,16H,3-11H2,1-2H3. The minimum atomic E-state index is 0.696. The Hall–Kier alpha value is -0.870. The van der Waals surface area contributed by atoms with Crippen LogP contribution in [0.4, 0.5) is 0 Å². The van der Waals surface area contributed by atoms with Gasteiger partial charge in [-0.2, -0.15) is 0 Å². The summed E-state index contributed by atoms with van der Waals surface area (Å²) in [5.41, 5.74) is 1.15. The monoisotopic (exact) mass is 264 g/mol. The first-order chi connectivity index (χ1) is 9.24. The van der Waals surface area contributed by atoms with Crippen LogP contribution >= 0.6 is 0 Å². The fraction of sp³-hybridized carbons (Fsp3) is 0.800. The van der Waals surface area contributed by atoms with Crippen LogP contribution in [0.1, 0.15) is 38.8 Å². The van der Waals surface area contributed by atoms with Crippen molar-refractivity contribution >= 4 is 0 Å². The van der Waals surface area contributed by atoms with Crippen LogP contribution in [0.25, 0.3) is 0 Å². The quantitative estimate of drug-likeness (QED) is 0.819. The van der Waals surface area contributed by atoms with Crippen LogP contribution in [-0.2, 0) is 13.1 Å². The smallest absolute Gasteiger partial charge is 0.0950 e. The van der Waals surface area contributed by atoms with E-state index in [1.54, 1.807) is 0 Å². The van der Waals surface area contributed by atoms with Crippen molar-refractivity contribution in [2.75, 3.05) is 26.2 Å². The second kappa shape index (κ2) is 7.65. The molecule has 1 N–H and O–H groups in total. The number of nitrogens with one attached hydrogen (secondary N) is 1. The number of hydrogen-bond acceptors (Lipinski definition) is 3. The lowest BCUT2D eigenvalue weighted by atomic mass is 10.1. The fourth-order valence-corrected chi connectivity index (χ4v) is 2.55. The number of likely N-dealkylation sites (tertiary alicyclic amines) is 1. The number of rotatable bonds is 7. The van der Waals surface area contributed by atoms with Gasteiger partial charge in [-0.05, 0) is 38.4 Å². The molecular formula is C15H28N4. The van der Waals surface area contributed by atoms with Gasteiger partial charge in [0.15, 0.2) is 0 Å². The highest BCUT2D eigenvalue weighted by molar-refractivity contribution is 4.96. The highest BCUT2D eigenvalue weighted by Gasteiger charge is 2.09. The molecule has 0 amide bonds. The maximum Gasteiger partial charge on any atom is 0.0950 e. The first-order valence-corrected chi connectivity index (χ1v) is 7.68. The number of nitrogens with zero attached hydrogens (tertiary/aromatic N) is 3. The minimum Gasteiger partial charge on any atom is -0.336 e. The van der Waals surface area contributed by atoms with Crippen LogP contribution in [0.5, 0.6) is 0 Å². The van der Waals surface area contributed by atoms with Gasteiger partial charge in [-0.15, -0.1) is 0 Å². The van der Waals surface area contributed by atoms with E-state index in [0.29, 0.717) is 5.92 Å². The molecule has 0 spiro atoms. The van der Waals surface area contributed by atoms with Crippen LogP contribution in [0, 0.1) is 5.92 Å². The lowest BCUT2D eigenvalue weighted by Crippen LogP contribution is -2.32. The number of aromatic nitrogens is 2. The van der Waals surface area contributed by atoms with E-state index in [1.165, 1.54) is 32.4 Å². The molecule has 0 aliphatic carbocycles. The summed E-state index contributed by atoms with van der Waals surface area (Å²) in [5.74, 6) is 0.696. The largest absolute Gasteiger partial charge is 0.336 e. The molecule has 19 heavy (non-hydrogen) atoms. The highest BCUT2D eigenvalue weighted by atomic mass is 15.2. The van der Waals surface area contributed by atoms with E-state index in [1.807, 2.05) is 6.33 Å². The molecule has 1 aliphatic rings. The van der Waals surface area contributed by atoms with Crippen LogP contribution < -0.4 is 5.32 Å². The average Bonchev–Trinajstić information content (AvgIpc) is 2.85. The third kappa shape index (κ3) is 5.33. The van der Waals surface area contributed by atoms with E-state index in [4.69, 9.17) is 0 Å². The molecule has 1 saturated heterocycles. The van der Waals surface area contributed by atoms with Gasteiger partial charge in [0.1, 0.15) is 0 Å². The summed E-state index contributed by atoms with van der Waals surface area (Å²) in [4.78, 5) is 7.03.